The third-order valence-electron chi connectivity index (χ3n) is 2.93. The summed E-state index contributed by atoms with van der Waals surface area (Å²) in [5, 5.41) is 8.79. The lowest BCUT2D eigenvalue weighted by Crippen LogP contribution is -2.42. The number of ether oxygens (including phenoxy) is 1. The molecule has 4 nitrogen and oxygen atoms in total. The summed E-state index contributed by atoms with van der Waals surface area (Å²) in [6.45, 7) is 4.86. The zero-order valence-electron chi connectivity index (χ0n) is 9.77. The first-order valence-electron chi connectivity index (χ1n) is 5.53. The van der Waals surface area contributed by atoms with Crippen LogP contribution >= 0.6 is 0 Å². The molecule has 1 aliphatic rings. The average Bonchev–Trinajstić information content (AvgIpc) is 2.94. The quantitative estimate of drug-likeness (QED) is 0.693. The van der Waals surface area contributed by atoms with Crippen molar-refractivity contribution < 1.29 is 14.6 Å². The highest BCUT2D eigenvalue weighted by molar-refractivity contribution is 5.69. The van der Waals surface area contributed by atoms with Crippen LogP contribution in [0.4, 0.5) is 0 Å². The van der Waals surface area contributed by atoms with Crippen molar-refractivity contribution in [2.75, 3.05) is 20.2 Å². The Labute approximate surface area is 91.2 Å². The molecule has 0 saturated heterocycles. The van der Waals surface area contributed by atoms with Gasteiger partial charge in [-0.15, -0.1) is 0 Å². The molecule has 0 aliphatic heterocycles. The molecule has 88 valence electrons. The van der Waals surface area contributed by atoms with Gasteiger partial charge in [0.2, 0.25) is 0 Å². The molecule has 0 aromatic carbocycles. The number of rotatable bonds is 7. The van der Waals surface area contributed by atoms with Gasteiger partial charge >= 0.3 is 5.97 Å². The second kappa shape index (κ2) is 5.47. The summed E-state index contributed by atoms with van der Waals surface area (Å²) in [5.74, 6) is -0.126. The number of hydrogen-bond acceptors (Lipinski definition) is 3. The van der Waals surface area contributed by atoms with Crippen LogP contribution in [-0.2, 0) is 9.53 Å². The van der Waals surface area contributed by atoms with E-state index in [2.05, 4.69) is 0 Å². The van der Waals surface area contributed by atoms with Gasteiger partial charge in [0, 0.05) is 19.7 Å². The summed E-state index contributed by atoms with van der Waals surface area (Å²) in [7, 11) is 1.71. The summed E-state index contributed by atoms with van der Waals surface area (Å²) >= 11 is 0. The topological polar surface area (TPSA) is 49.8 Å². The van der Waals surface area contributed by atoms with Crippen molar-refractivity contribution in [3.8, 4) is 0 Å². The van der Waals surface area contributed by atoms with E-state index >= 15 is 0 Å². The number of aliphatic carboxylic acids is 1. The van der Waals surface area contributed by atoms with Gasteiger partial charge in [0.1, 0.15) is 0 Å². The monoisotopic (exact) mass is 215 g/mol. The molecule has 1 saturated carbocycles. The molecular weight excluding hydrogens is 194 g/mol. The zero-order chi connectivity index (χ0) is 11.4. The van der Waals surface area contributed by atoms with Crippen molar-refractivity contribution in [1.29, 1.82) is 0 Å². The molecule has 0 amide bonds. The Morgan fingerprint density at radius 1 is 1.53 bits per heavy atom. The number of methoxy groups -OCH3 is 1. The lowest BCUT2D eigenvalue weighted by molar-refractivity contribution is -0.139. The molecular formula is C11H21NO3. The lowest BCUT2D eigenvalue weighted by atomic mass is 10.2. The summed E-state index contributed by atoms with van der Waals surface area (Å²) in [6.07, 6.45) is 2.64. The van der Waals surface area contributed by atoms with Gasteiger partial charge in [0.15, 0.2) is 0 Å². The van der Waals surface area contributed by atoms with Crippen LogP contribution in [0.3, 0.4) is 0 Å². The lowest BCUT2D eigenvalue weighted by Gasteiger charge is -2.28. The van der Waals surface area contributed by atoms with E-state index in [1.54, 1.807) is 7.11 Å². The second-order valence-corrected chi connectivity index (χ2v) is 4.53. The van der Waals surface area contributed by atoms with Crippen LogP contribution in [-0.4, -0.2) is 48.3 Å². The molecule has 15 heavy (non-hydrogen) atoms. The molecule has 1 atom stereocenters. The number of carboxylic acid groups (broad SMARTS) is 1. The first kappa shape index (κ1) is 12.5. The van der Waals surface area contributed by atoms with E-state index in [0.717, 1.165) is 6.54 Å². The van der Waals surface area contributed by atoms with E-state index in [9.17, 15) is 4.79 Å². The van der Waals surface area contributed by atoms with Crippen LogP contribution in [0.15, 0.2) is 0 Å². The minimum absolute atomic E-state index is 0.101. The van der Waals surface area contributed by atoms with Crippen LogP contribution in [0, 0.1) is 5.92 Å². The van der Waals surface area contributed by atoms with E-state index in [1.807, 2.05) is 18.7 Å². The maximum absolute atomic E-state index is 10.7. The van der Waals surface area contributed by atoms with E-state index in [4.69, 9.17) is 9.84 Å². The minimum Gasteiger partial charge on any atom is -0.480 e. The van der Waals surface area contributed by atoms with Crippen molar-refractivity contribution >= 4 is 5.97 Å². The van der Waals surface area contributed by atoms with Crippen molar-refractivity contribution in [2.45, 2.75) is 38.8 Å². The van der Waals surface area contributed by atoms with Crippen LogP contribution in [0.5, 0.6) is 0 Å². The third-order valence-corrected chi connectivity index (χ3v) is 2.93. The Kier molecular flexibility index (Phi) is 4.54. The van der Waals surface area contributed by atoms with Crippen molar-refractivity contribution in [3.63, 3.8) is 0 Å². The Morgan fingerprint density at radius 3 is 2.47 bits per heavy atom. The highest BCUT2D eigenvalue weighted by Gasteiger charge is 2.33. The molecule has 0 spiro atoms. The van der Waals surface area contributed by atoms with Gasteiger partial charge in [0.05, 0.1) is 12.6 Å². The molecule has 1 aliphatic carbocycles. The second-order valence-electron chi connectivity index (χ2n) is 4.53. The number of carbonyl (C=O) groups is 1. The molecule has 0 heterocycles. The van der Waals surface area contributed by atoms with Crippen molar-refractivity contribution in [1.82, 2.24) is 4.90 Å². The average molecular weight is 215 g/mol. The summed E-state index contributed by atoms with van der Waals surface area (Å²) < 4.78 is 5.40. The summed E-state index contributed by atoms with van der Waals surface area (Å²) in [5.41, 5.74) is 0. The Balaban J connectivity index is 2.44. The first-order chi connectivity index (χ1) is 7.04. The fraction of sp³-hybridized carbons (Fsp3) is 0.909. The maximum Gasteiger partial charge on any atom is 0.317 e. The molecule has 0 aromatic rings. The molecule has 1 N–H and O–H groups in total. The first-order valence-corrected chi connectivity index (χ1v) is 5.53. The predicted octanol–water partition coefficient (Wildman–Crippen LogP) is 1.21. The number of carboxylic acids is 1. The number of nitrogens with zero attached hydrogens (tertiary/aromatic N) is 1. The van der Waals surface area contributed by atoms with E-state index in [-0.39, 0.29) is 18.7 Å². The largest absolute Gasteiger partial charge is 0.480 e. The van der Waals surface area contributed by atoms with Gasteiger partial charge in [-0.25, -0.2) is 0 Å². The molecule has 0 bridgehead atoms. The van der Waals surface area contributed by atoms with Gasteiger partial charge in [0.25, 0.3) is 0 Å². The van der Waals surface area contributed by atoms with Crippen LogP contribution in [0.2, 0.25) is 0 Å². The Hall–Kier alpha value is -0.610. The highest BCUT2D eigenvalue weighted by atomic mass is 16.5. The third kappa shape index (κ3) is 4.18. The molecule has 1 rings (SSSR count). The van der Waals surface area contributed by atoms with Crippen molar-refractivity contribution in [2.24, 2.45) is 5.92 Å². The Bertz CT molecular complexity index is 214. The normalized spacial score (nSPS) is 18.5. The van der Waals surface area contributed by atoms with Crippen LogP contribution in [0.1, 0.15) is 26.7 Å². The maximum atomic E-state index is 10.7. The molecule has 0 aromatic heterocycles. The standard InChI is InChI=1S/C11H21NO3/c1-8(2)12(7-11(13)14)6-10(15-3)9-4-5-9/h8-10H,4-7H2,1-3H3,(H,13,14). The molecule has 1 fully saturated rings. The molecule has 4 heteroatoms. The number of hydrogen-bond donors (Lipinski definition) is 1. The Morgan fingerprint density at radius 2 is 2.13 bits per heavy atom. The summed E-state index contributed by atoms with van der Waals surface area (Å²) in [4.78, 5) is 12.6. The van der Waals surface area contributed by atoms with Crippen LogP contribution in [0.25, 0.3) is 0 Å². The van der Waals surface area contributed by atoms with Gasteiger partial charge in [-0.2, -0.15) is 0 Å². The molecule has 0 radical (unpaired) electrons. The minimum atomic E-state index is -0.769. The van der Waals surface area contributed by atoms with E-state index in [0.29, 0.717) is 5.92 Å². The fourth-order valence-electron chi connectivity index (χ4n) is 1.75. The highest BCUT2D eigenvalue weighted by Crippen LogP contribution is 2.34. The van der Waals surface area contributed by atoms with Crippen LogP contribution < -0.4 is 0 Å². The SMILES string of the molecule is COC(CN(CC(=O)O)C(C)C)C1CC1. The van der Waals surface area contributed by atoms with E-state index < -0.39 is 5.97 Å². The molecule has 1 unspecified atom stereocenters. The predicted molar refractivity (Wildman–Crippen MR) is 57.9 cm³/mol. The fourth-order valence-corrected chi connectivity index (χ4v) is 1.75. The van der Waals surface area contributed by atoms with Gasteiger partial charge < -0.3 is 9.84 Å². The zero-order valence-corrected chi connectivity index (χ0v) is 9.77. The van der Waals surface area contributed by atoms with Gasteiger partial charge in [-0.1, -0.05) is 0 Å². The van der Waals surface area contributed by atoms with E-state index in [1.165, 1.54) is 12.8 Å². The van der Waals surface area contributed by atoms with Crippen molar-refractivity contribution in [3.05, 3.63) is 0 Å². The smallest absolute Gasteiger partial charge is 0.317 e. The van der Waals surface area contributed by atoms with Gasteiger partial charge in [-0.05, 0) is 32.6 Å². The summed E-state index contributed by atoms with van der Waals surface area (Å²) in [6, 6.07) is 0.248. The van der Waals surface area contributed by atoms with Gasteiger partial charge in [-0.3, -0.25) is 9.69 Å².